The summed E-state index contributed by atoms with van der Waals surface area (Å²) in [5.74, 6) is 5.83. The van der Waals surface area contributed by atoms with Gasteiger partial charge in [0.05, 0.1) is 5.57 Å². The number of halogens is 1. The first-order valence-electron chi connectivity index (χ1n) is 6.73. The number of hydrogen-bond acceptors (Lipinski definition) is 0. The van der Waals surface area contributed by atoms with Crippen molar-refractivity contribution in [2.75, 3.05) is 0 Å². The second-order valence-corrected chi connectivity index (χ2v) is 4.62. The molecule has 20 heavy (non-hydrogen) atoms. The van der Waals surface area contributed by atoms with Crippen LogP contribution in [-0.4, -0.2) is 0 Å². The maximum absolute atomic E-state index is 14.1. The fourth-order valence-electron chi connectivity index (χ4n) is 1.85. The molecule has 0 aromatic heterocycles. The van der Waals surface area contributed by atoms with Crippen LogP contribution in [0.5, 0.6) is 0 Å². The van der Waals surface area contributed by atoms with Gasteiger partial charge in [-0.15, -0.1) is 0 Å². The topological polar surface area (TPSA) is 0 Å². The number of benzene rings is 2. The minimum absolute atomic E-state index is 0.169. The molecular weight excluding hydrogens is 247 g/mol. The second kappa shape index (κ2) is 6.73. The molecule has 0 N–H and O–H groups in total. The molecule has 0 unspecified atom stereocenters. The van der Waals surface area contributed by atoms with Crippen LogP contribution in [0.25, 0.3) is 5.57 Å². The van der Waals surface area contributed by atoms with Crippen LogP contribution in [0.4, 0.5) is 4.39 Å². The van der Waals surface area contributed by atoms with Gasteiger partial charge in [0.1, 0.15) is 5.83 Å². The highest BCUT2D eigenvalue weighted by Crippen LogP contribution is 2.22. The van der Waals surface area contributed by atoms with Crippen LogP contribution in [0.2, 0.25) is 0 Å². The van der Waals surface area contributed by atoms with Crippen molar-refractivity contribution in [1.29, 1.82) is 0 Å². The summed E-state index contributed by atoms with van der Waals surface area (Å²) in [7, 11) is 0. The molecule has 0 radical (unpaired) electrons. The van der Waals surface area contributed by atoms with E-state index in [2.05, 4.69) is 11.8 Å². The maximum atomic E-state index is 14.1. The van der Waals surface area contributed by atoms with Crippen LogP contribution >= 0.6 is 0 Å². The second-order valence-electron chi connectivity index (χ2n) is 4.62. The number of hydrogen-bond donors (Lipinski definition) is 0. The quantitative estimate of drug-likeness (QED) is 0.659. The third-order valence-electron chi connectivity index (χ3n) is 3.03. The number of aryl methyl sites for hydroxylation is 1. The molecule has 1 heteroatoms. The highest BCUT2D eigenvalue weighted by atomic mass is 19.1. The lowest BCUT2D eigenvalue weighted by Crippen LogP contribution is -1.86. The summed E-state index contributed by atoms with van der Waals surface area (Å²) in [6.07, 6.45) is 0.354. The third-order valence-corrected chi connectivity index (χ3v) is 3.03. The van der Waals surface area contributed by atoms with Crippen molar-refractivity contribution in [2.24, 2.45) is 0 Å². The molecule has 0 fully saturated rings. The van der Waals surface area contributed by atoms with Crippen molar-refractivity contribution < 1.29 is 4.39 Å². The smallest absolute Gasteiger partial charge is 0.116 e. The van der Waals surface area contributed by atoms with E-state index in [0.29, 0.717) is 12.0 Å². The van der Waals surface area contributed by atoms with E-state index in [4.69, 9.17) is 0 Å². The zero-order chi connectivity index (χ0) is 14.4. The number of rotatable bonds is 2. The van der Waals surface area contributed by atoms with Crippen molar-refractivity contribution in [3.8, 4) is 11.8 Å². The SMILES string of the molecule is CC/C(F)=C(/C#Cc1ccccc1)c1ccc(C)cc1. The van der Waals surface area contributed by atoms with Crippen molar-refractivity contribution in [2.45, 2.75) is 20.3 Å². The standard InChI is InChI=1S/C19H17F/c1-3-19(20)18(17-12-9-15(2)10-13-17)14-11-16-7-5-4-6-8-16/h4-10,12-13H,3H2,1-2H3/b19-18+. The zero-order valence-electron chi connectivity index (χ0n) is 11.8. The van der Waals surface area contributed by atoms with Crippen LogP contribution in [0.15, 0.2) is 60.4 Å². The largest absolute Gasteiger partial charge is 0.210 e. The fraction of sp³-hybridized carbons (Fsp3) is 0.158. The molecule has 0 saturated carbocycles. The average Bonchev–Trinajstić information content (AvgIpc) is 2.50. The molecule has 2 aromatic rings. The van der Waals surface area contributed by atoms with Crippen molar-refractivity contribution in [1.82, 2.24) is 0 Å². The van der Waals surface area contributed by atoms with Crippen LogP contribution in [0.3, 0.4) is 0 Å². The van der Waals surface area contributed by atoms with Gasteiger partial charge in [-0.3, -0.25) is 0 Å². The average molecular weight is 264 g/mol. The fourth-order valence-corrected chi connectivity index (χ4v) is 1.85. The molecule has 0 atom stereocenters. The first-order chi connectivity index (χ1) is 9.70. The van der Waals surface area contributed by atoms with E-state index in [0.717, 1.165) is 16.7 Å². The van der Waals surface area contributed by atoms with Gasteiger partial charge in [0.25, 0.3) is 0 Å². The zero-order valence-corrected chi connectivity index (χ0v) is 11.8. The summed E-state index contributed by atoms with van der Waals surface area (Å²) in [6.45, 7) is 3.81. The minimum Gasteiger partial charge on any atom is -0.210 e. The Kier molecular flexibility index (Phi) is 4.74. The molecular formula is C19H17F. The van der Waals surface area contributed by atoms with Gasteiger partial charge >= 0.3 is 0 Å². The Balaban J connectivity index is 2.41. The Hall–Kier alpha value is -2.33. The molecule has 0 amide bonds. The van der Waals surface area contributed by atoms with Crippen LogP contribution in [-0.2, 0) is 0 Å². The molecule has 0 spiro atoms. The van der Waals surface area contributed by atoms with Crippen LogP contribution in [0.1, 0.15) is 30.0 Å². The van der Waals surface area contributed by atoms with E-state index < -0.39 is 0 Å². The highest BCUT2D eigenvalue weighted by Gasteiger charge is 2.05. The lowest BCUT2D eigenvalue weighted by molar-refractivity contribution is 0.609. The molecule has 0 nitrogen and oxygen atoms in total. The van der Waals surface area contributed by atoms with Crippen LogP contribution in [0, 0.1) is 18.8 Å². The molecule has 0 aliphatic rings. The van der Waals surface area contributed by atoms with Crippen LogP contribution < -0.4 is 0 Å². The summed E-state index contributed by atoms with van der Waals surface area (Å²) in [5, 5.41) is 0. The Morgan fingerprint density at radius 2 is 1.65 bits per heavy atom. The van der Waals surface area contributed by atoms with Gasteiger partial charge in [0.15, 0.2) is 0 Å². The van der Waals surface area contributed by atoms with E-state index in [1.54, 1.807) is 6.92 Å². The van der Waals surface area contributed by atoms with E-state index in [9.17, 15) is 4.39 Å². The summed E-state index contributed by atoms with van der Waals surface area (Å²) < 4.78 is 14.1. The molecule has 0 bridgehead atoms. The Bertz CT molecular complexity index is 652. The first kappa shape index (κ1) is 14.1. The van der Waals surface area contributed by atoms with Gasteiger partial charge in [0, 0.05) is 5.56 Å². The lowest BCUT2D eigenvalue weighted by atomic mass is 10.0. The third kappa shape index (κ3) is 3.59. The van der Waals surface area contributed by atoms with E-state index in [1.807, 2.05) is 61.5 Å². The summed E-state index contributed by atoms with van der Waals surface area (Å²) >= 11 is 0. The van der Waals surface area contributed by atoms with E-state index >= 15 is 0 Å². The van der Waals surface area contributed by atoms with Gasteiger partial charge < -0.3 is 0 Å². The molecule has 0 heterocycles. The predicted molar refractivity (Wildman–Crippen MR) is 82.8 cm³/mol. The monoisotopic (exact) mass is 264 g/mol. The first-order valence-corrected chi connectivity index (χ1v) is 6.73. The Morgan fingerprint density at radius 1 is 1.00 bits per heavy atom. The minimum atomic E-state index is -0.169. The van der Waals surface area contributed by atoms with E-state index in [-0.39, 0.29) is 5.83 Å². The molecule has 0 saturated heterocycles. The molecule has 0 aliphatic carbocycles. The maximum Gasteiger partial charge on any atom is 0.116 e. The number of allylic oxidation sites excluding steroid dienone is 2. The van der Waals surface area contributed by atoms with Crippen molar-refractivity contribution >= 4 is 5.57 Å². The normalized spacial score (nSPS) is 11.3. The predicted octanol–water partition coefficient (Wildman–Crippen LogP) is 5.14. The van der Waals surface area contributed by atoms with Gasteiger partial charge in [0.2, 0.25) is 0 Å². The van der Waals surface area contributed by atoms with Gasteiger partial charge in [-0.25, -0.2) is 4.39 Å². The summed E-state index contributed by atoms with van der Waals surface area (Å²) in [6, 6.07) is 17.4. The molecule has 2 aromatic carbocycles. The summed E-state index contributed by atoms with van der Waals surface area (Å²) in [5.41, 5.74) is 3.36. The van der Waals surface area contributed by atoms with E-state index in [1.165, 1.54) is 0 Å². The van der Waals surface area contributed by atoms with Gasteiger partial charge in [-0.1, -0.05) is 66.8 Å². The summed E-state index contributed by atoms with van der Waals surface area (Å²) in [4.78, 5) is 0. The highest BCUT2D eigenvalue weighted by molar-refractivity contribution is 5.81. The lowest BCUT2D eigenvalue weighted by Gasteiger charge is -2.03. The van der Waals surface area contributed by atoms with Gasteiger partial charge in [-0.2, -0.15) is 0 Å². The Labute approximate surface area is 120 Å². The molecule has 100 valence electrons. The van der Waals surface area contributed by atoms with Gasteiger partial charge in [-0.05, 0) is 31.0 Å². The molecule has 2 rings (SSSR count). The Morgan fingerprint density at radius 3 is 2.25 bits per heavy atom. The molecule has 0 aliphatic heterocycles. The van der Waals surface area contributed by atoms with Crippen molar-refractivity contribution in [3.05, 3.63) is 77.1 Å². The van der Waals surface area contributed by atoms with Crippen molar-refractivity contribution in [3.63, 3.8) is 0 Å².